The van der Waals surface area contributed by atoms with Gasteiger partial charge >= 0.3 is 0 Å². The van der Waals surface area contributed by atoms with E-state index in [9.17, 15) is 5.11 Å². The molecule has 36 heavy (non-hydrogen) atoms. The van der Waals surface area contributed by atoms with Crippen molar-refractivity contribution < 1.29 is 9.84 Å². The standard InChI is InChI=1S/C32H32N2O2/c1-21(2)19-33-20-23(4)32(35)26-10-11-30-29(17-26)28(12-14-34-30)25-7-5-6-24(16-25)13-15-36-31-18-27(32)9-8-22(31)3/h5-12,14,16-21,35H,13,15H2,1-4H3/b23-20+,33-19?. The molecule has 2 heterocycles. The van der Waals surface area contributed by atoms with Gasteiger partial charge in [0.05, 0.1) is 12.1 Å². The van der Waals surface area contributed by atoms with Crippen molar-refractivity contribution in [2.24, 2.45) is 10.9 Å². The van der Waals surface area contributed by atoms with Crippen LogP contribution in [0.2, 0.25) is 0 Å². The van der Waals surface area contributed by atoms with Gasteiger partial charge in [-0.05, 0) is 83.0 Å². The summed E-state index contributed by atoms with van der Waals surface area (Å²) in [5.74, 6) is 1.10. The molecule has 1 N–H and O–H groups in total. The molecule has 1 unspecified atom stereocenters. The second-order valence-electron chi connectivity index (χ2n) is 9.93. The molecule has 0 aliphatic carbocycles. The first-order chi connectivity index (χ1) is 17.4. The minimum atomic E-state index is -1.40. The number of fused-ring (bicyclic) bond motifs is 6. The summed E-state index contributed by atoms with van der Waals surface area (Å²) in [4.78, 5) is 9.13. The highest BCUT2D eigenvalue weighted by atomic mass is 16.5. The maximum atomic E-state index is 12.5. The van der Waals surface area contributed by atoms with Crippen LogP contribution in [0.4, 0.5) is 0 Å². The van der Waals surface area contributed by atoms with E-state index in [1.807, 2.05) is 62.7 Å². The van der Waals surface area contributed by atoms with Crippen LogP contribution in [0.1, 0.15) is 43.0 Å². The summed E-state index contributed by atoms with van der Waals surface area (Å²) in [5, 5.41) is 13.5. The Hall–Kier alpha value is -3.76. The molecule has 0 saturated carbocycles. The van der Waals surface area contributed by atoms with Crippen LogP contribution in [0.3, 0.4) is 0 Å². The summed E-state index contributed by atoms with van der Waals surface area (Å²) < 4.78 is 6.25. The number of aliphatic hydroxyl groups is 1. The second kappa shape index (κ2) is 9.71. The third-order valence-corrected chi connectivity index (χ3v) is 6.87. The Kier molecular flexibility index (Phi) is 6.46. The van der Waals surface area contributed by atoms with Gasteiger partial charge in [-0.3, -0.25) is 9.98 Å². The first kappa shape index (κ1) is 24.0. The third-order valence-electron chi connectivity index (χ3n) is 6.87. The molecule has 4 nitrogen and oxygen atoms in total. The van der Waals surface area contributed by atoms with E-state index in [4.69, 9.17) is 4.74 Å². The summed E-state index contributed by atoms with van der Waals surface area (Å²) in [6.45, 7) is 8.68. The van der Waals surface area contributed by atoms with Gasteiger partial charge < -0.3 is 9.84 Å². The fourth-order valence-electron chi connectivity index (χ4n) is 4.82. The number of ether oxygens (including phenoxy) is 1. The zero-order valence-corrected chi connectivity index (χ0v) is 21.3. The Labute approximate surface area is 213 Å². The molecule has 4 aromatic rings. The molecular weight excluding hydrogens is 444 g/mol. The maximum Gasteiger partial charge on any atom is 0.138 e. The van der Waals surface area contributed by atoms with Crippen LogP contribution in [-0.2, 0) is 12.0 Å². The lowest BCUT2D eigenvalue weighted by atomic mass is 9.79. The van der Waals surface area contributed by atoms with Crippen molar-refractivity contribution in [2.75, 3.05) is 6.61 Å². The van der Waals surface area contributed by atoms with E-state index in [-0.39, 0.29) is 0 Å². The predicted molar refractivity (Wildman–Crippen MR) is 148 cm³/mol. The summed E-state index contributed by atoms with van der Waals surface area (Å²) in [6.07, 6.45) is 6.29. The van der Waals surface area contributed by atoms with E-state index in [0.717, 1.165) is 56.5 Å². The maximum absolute atomic E-state index is 12.5. The average molecular weight is 477 g/mol. The van der Waals surface area contributed by atoms with Gasteiger partial charge in [-0.2, -0.15) is 0 Å². The van der Waals surface area contributed by atoms with Crippen molar-refractivity contribution in [2.45, 2.75) is 39.7 Å². The molecule has 1 aliphatic heterocycles. The highest BCUT2D eigenvalue weighted by molar-refractivity contribution is 5.95. The summed E-state index contributed by atoms with van der Waals surface area (Å²) in [5.41, 5.74) is 6.21. The van der Waals surface area contributed by atoms with Gasteiger partial charge in [0.25, 0.3) is 0 Å². The van der Waals surface area contributed by atoms with Crippen molar-refractivity contribution in [1.82, 2.24) is 4.98 Å². The van der Waals surface area contributed by atoms with Crippen molar-refractivity contribution in [3.63, 3.8) is 0 Å². The number of rotatable bonds is 3. The van der Waals surface area contributed by atoms with Gasteiger partial charge in [-0.25, -0.2) is 0 Å². The van der Waals surface area contributed by atoms with Gasteiger partial charge in [-0.1, -0.05) is 56.3 Å². The summed E-state index contributed by atoms with van der Waals surface area (Å²) in [6, 6.07) is 22.6. The van der Waals surface area contributed by atoms with E-state index in [1.165, 1.54) is 5.56 Å². The number of hydrogen-bond donors (Lipinski definition) is 1. The van der Waals surface area contributed by atoms with Crippen LogP contribution in [0.15, 0.2) is 89.7 Å². The van der Waals surface area contributed by atoms with Crippen molar-refractivity contribution in [3.8, 4) is 16.9 Å². The van der Waals surface area contributed by atoms with E-state index in [2.05, 4.69) is 54.2 Å². The van der Waals surface area contributed by atoms with E-state index >= 15 is 0 Å². The van der Waals surface area contributed by atoms with Gasteiger partial charge in [0.1, 0.15) is 11.4 Å². The first-order valence-electron chi connectivity index (χ1n) is 12.5. The molecular formula is C32H32N2O2. The third kappa shape index (κ3) is 4.45. The molecule has 5 rings (SSSR count). The highest BCUT2D eigenvalue weighted by Gasteiger charge is 2.35. The average Bonchev–Trinajstić information content (AvgIpc) is 2.88. The molecule has 0 fully saturated rings. The van der Waals surface area contributed by atoms with Crippen LogP contribution in [-0.4, -0.2) is 22.9 Å². The minimum absolute atomic E-state index is 0.317. The summed E-state index contributed by atoms with van der Waals surface area (Å²) in [7, 11) is 0. The monoisotopic (exact) mass is 476 g/mol. The minimum Gasteiger partial charge on any atom is -0.493 e. The fraction of sp³-hybridized carbons (Fsp3) is 0.250. The number of hydrogen-bond acceptors (Lipinski definition) is 4. The zero-order chi connectivity index (χ0) is 25.3. The molecule has 4 heteroatoms. The van der Waals surface area contributed by atoms with Gasteiger partial charge in [0, 0.05) is 30.4 Å². The predicted octanol–water partition coefficient (Wildman–Crippen LogP) is 7.01. The number of pyridine rings is 1. The Morgan fingerprint density at radius 2 is 1.86 bits per heavy atom. The largest absolute Gasteiger partial charge is 0.493 e. The fourth-order valence-corrected chi connectivity index (χ4v) is 4.82. The second-order valence-corrected chi connectivity index (χ2v) is 9.93. The molecule has 0 saturated heterocycles. The number of nitrogens with zero attached hydrogens (tertiary/aromatic N) is 2. The Morgan fingerprint density at radius 1 is 1.06 bits per heavy atom. The van der Waals surface area contributed by atoms with E-state index in [1.54, 1.807) is 6.20 Å². The van der Waals surface area contributed by atoms with Gasteiger partial charge in [0.2, 0.25) is 0 Å². The van der Waals surface area contributed by atoms with Crippen LogP contribution in [0, 0.1) is 12.8 Å². The molecule has 0 spiro atoms. The van der Waals surface area contributed by atoms with Crippen LogP contribution in [0.25, 0.3) is 22.0 Å². The lowest BCUT2D eigenvalue weighted by Crippen LogP contribution is -2.29. The Morgan fingerprint density at radius 3 is 2.69 bits per heavy atom. The van der Waals surface area contributed by atoms with E-state index < -0.39 is 5.60 Å². The van der Waals surface area contributed by atoms with Gasteiger partial charge in [0.15, 0.2) is 0 Å². The normalized spacial score (nSPS) is 18.0. The number of benzene rings is 3. The smallest absolute Gasteiger partial charge is 0.138 e. The number of aryl methyl sites for hydroxylation is 1. The van der Waals surface area contributed by atoms with Crippen LogP contribution >= 0.6 is 0 Å². The molecule has 0 amide bonds. The SMILES string of the molecule is C/C(=C\N=CC(C)C)C1(O)c2ccc(C)c(c2)OCCc2cccc(c2)-c2ccnc3ccc1cc23. The molecule has 3 aromatic carbocycles. The van der Waals surface area contributed by atoms with Crippen molar-refractivity contribution in [1.29, 1.82) is 0 Å². The van der Waals surface area contributed by atoms with Crippen molar-refractivity contribution in [3.05, 3.63) is 107 Å². The summed E-state index contributed by atoms with van der Waals surface area (Å²) >= 11 is 0. The lowest BCUT2D eigenvalue weighted by Gasteiger charge is -2.31. The van der Waals surface area contributed by atoms with E-state index in [0.29, 0.717) is 12.5 Å². The highest BCUT2D eigenvalue weighted by Crippen LogP contribution is 2.41. The van der Waals surface area contributed by atoms with Crippen molar-refractivity contribution >= 4 is 17.1 Å². The number of aromatic nitrogens is 1. The Balaban J connectivity index is 1.81. The Bertz CT molecular complexity index is 1490. The molecule has 0 radical (unpaired) electrons. The molecule has 6 bridgehead atoms. The molecule has 182 valence electrons. The lowest BCUT2D eigenvalue weighted by molar-refractivity contribution is 0.120. The quantitative estimate of drug-likeness (QED) is 0.324. The number of aliphatic imine (C=N–C) groups is 1. The molecule has 1 aliphatic rings. The van der Waals surface area contributed by atoms with Crippen LogP contribution in [0.5, 0.6) is 5.75 Å². The molecule has 1 aromatic heterocycles. The first-order valence-corrected chi connectivity index (χ1v) is 12.5. The molecule has 1 atom stereocenters. The zero-order valence-electron chi connectivity index (χ0n) is 21.3. The van der Waals surface area contributed by atoms with Crippen LogP contribution < -0.4 is 4.74 Å². The topological polar surface area (TPSA) is 54.7 Å². The van der Waals surface area contributed by atoms with Gasteiger partial charge in [-0.15, -0.1) is 0 Å².